The lowest BCUT2D eigenvalue weighted by Crippen LogP contribution is -2.47. The van der Waals surface area contributed by atoms with Gasteiger partial charge < -0.3 is 15.1 Å². The second-order valence-corrected chi connectivity index (χ2v) is 7.40. The highest BCUT2D eigenvalue weighted by atomic mass is 35.5. The van der Waals surface area contributed by atoms with Crippen LogP contribution in [0.2, 0.25) is 5.02 Å². The summed E-state index contributed by atoms with van der Waals surface area (Å²) in [6.07, 6.45) is 1.51. The Hall–Kier alpha value is -2.53. The Morgan fingerprint density at radius 2 is 1.81 bits per heavy atom. The molecule has 1 aliphatic heterocycles. The highest BCUT2D eigenvalue weighted by molar-refractivity contribution is 6.30. The van der Waals surface area contributed by atoms with Crippen LogP contribution in [-0.4, -0.2) is 41.4 Å². The lowest BCUT2D eigenvalue weighted by molar-refractivity contribution is -0.134. The first-order chi connectivity index (χ1) is 12.9. The average molecular weight is 386 g/mol. The molecule has 0 unspecified atom stereocenters. The number of benzene rings is 2. The second kappa shape index (κ2) is 8.44. The van der Waals surface area contributed by atoms with Crippen LogP contribution in [0.15, 0.2) is 48.5 Å². The molecule has 0 spiro atoms. The molecule has 142 valence electrons. The number of aryl methyl sites for hydroxylation is 1. The standard InChI is InChI=1S/C21H24ClN3O2/c1-15-5-7-16(8-6-15)14-24(2)20(26)19-4-3-13-25(19)21(27)23-18-11-9-17(22)10-12-18/h5-12,19H,3-4,13-14H2,1-2H3,(H,23,27)/t19-/m1/s1. The summed E-state index contributed by atoms with van der Waals surface area (Å²) in [4.78, 5) is 28.9. The second-order valence-electron chi connectivity index (χ2n) is 6.97. The summed E-state index contributed by atoms with van der Waals surface area (Å²) in [6.45, 7) is 3.14. The quantitative estimate of drug-likeness (QED) is 0.852. The van der Waals surface area contributed by atoms with Crippen LogP contribution in [0.25, 0.3) is 0 Å². The number of urea groups is 1. The van der Waals surface area contributed by atoms with Crippen LogP contribution in [0.1, 0.15) is 24.0 Å². The topological polar surface area (TPSA) is 52.7 Å². The first-order valence-electron chi connectivity index (χ1n) is 9.08. The normalized spacial score (nSPS) is 16.3. The van der Waals surface area contributed by atoms with E-state index in [1.807, 2.05) is 31.2 Å². The predicted octanol–water partition coefficient (Wildman–Crippen LogP) is 4.30. The predicted molar refractivity (Wildman–Crippen MR) is 108 cm³/mol. The maximum atomic E-state index is 12.9. The number of carbonyl (C=O) groups is 2. The van der Waals surface area contributed by atoms with Crippen LogP contribution < -0.4 is 5.32 Å². The molecule has 1 fully saturated rings. The summed E-state index contributed by atoms with van der Waals surface area (Å²) in [7, 11) is 1.79. The van der Waals surface area contributed by atoms with E-state index in [0.29, 0.717) is 30.2 Å². The van der Waals surface area contributed by atoms with E-state index < -0.39 is 6.04 Å². The van der Waals surface area contributed by atoms with Gasteiger partial charge >= 0.3 is 6.03 Å². The van der Waals surface area contributed by atoms with Crippen LogP contribution in [0.5, 0.6) is 0 Å². The molecule has 0 bridgehead atoms. The summed E-state index contributed by atoms with van der Waals surface area (Å²) in [6, 6.07) is 14.4. The zero-order valence-corrected chi connectivity index (χ0v) is 16.4. The van der Waals surface area contributed by atoms with Gasteiger partial charge in [0.2, 0.25) is 5.91 Å². The molecule has 1 heterocycles. The Morgan fingerprint density at radius 3 is 2.48 bits per heavy atom. The molecule has 3 amide bonds. The molecule has 2 aromatic carbocycles. The van der Waals surface area contributed by atoms with Crippen molar-refractivity contribution >= 4 is 29.2 Å². The third-order valence-corrected chi connectivity index (χ3v) is 5.06. The van der Waals surface area contributed by atoms with Crippen molar-refractivity contribution in [1.82, 2.24) is 9.80 Å². The van der Waals surface area contributed by atoms with Gasteiger partial charge in [-0.25, -0.2) is 4.79 Å². The number of rotatable bonds is 4. The van der Waals surface area contributed by atoms with Crippen LogP contribution >= 0.6 is 11.6 Å². The minimum absolute atomic E-state index is 0.0284. The molecule has 0 saturated carbocycles. The van der Waals surface area contributed by atoms with E-state index in [4.69, 9.17) is 11.6 Å². The number of hydrogen-bond acceptors (Lipinski definition) is 2. The lowest BCUT2D eigenvalue weighted by atomic mass is 10.1. The summed E-state index contributed by atoms with van der Waals surface area (Å²) >= 11 is 5.88. The van der Waals surface area contributed by atoms with Gasteiger partial charge in [0.05, 0.1) is 0 Å². The highest BCUT2D eigenvalue weighted by Crippen LogP contribution is 2.22. The number of halogens is 1. The van der Waals surface area contributed by atoms with Crippen LogP contribution in [0.3, 0.4) is 0 Å². The first-order valence-corrected chi connectivity index (χ1v) is 9.45. The highest BCUT2D eigenvalue weighted by Gasteiger charge is 2.35. The maximum Gasteiger partial charge on any atom is 0.322 e. The Balaban J connectivity index is 1.63. The van der Waals surface area contributed by atoms with Gasteiger partial charge in [-0.15, -0.1) is 0 Å². The number of likely N-dealkylation sites (tertiary alicyclic amines) is 1. The van der Waals surface area contributed by atoms with Gasteiger partial charge in [0.1, 0.15) is 6.04 Å². The molecule has 0 aromatic heterocycles. The summed E-state index contributed by atoms with van der Waals surface area (Å²) in [5.74, 6) is -0.0284. The fraction of sp³-hybridized carbons (Fsp3) is 0.333. The molecule has 2 aromatic rings. The van der Waals surface area contributed by atoms with Crippen molar-refractivity contribution < 1.29 is 9.59 Å². The third-order valence-electron chi connectivity index (χ3n) is 4.81. The van der Waals surface area contributed by atoms with E-state index in [1.54, 1.807) is 41.1 Å². The Morgan fingerprint density at radius 1 is 1.15 bits per heavy atom. The number of carbonyl (C=O) groups excluding carboxylic acids is 2. The van der Waals surface area contributed by atoms with Gasteiger partial charge in [0.15, 0.2) is 0 Å². The molecule has 5 nitrogen and oxygen atoms in total. The van der Waals surface area contributed by atoms with Crippen molar-refractivity contribution in [2.45, 2.75) is 32.4 Å². The summed E-state index contributed by atoms with van der Waals surface area (Å²) in [5.41, 5.74) is 2.93. The molecular weight excluding hydrogens is 362 g/mol. The molecule has 1 saturated heterocycles. The van der Waals surface area contributed by atoms with Crippen molar-refractivity contribution in [3.8, 4) is 0 Å². The van der Waals surface area contributed by atoms with Crippen molar-refractivity contribution in [2.75, 3.05) is 18.9 Å². The minimum Gasteiger partial charge on any atom is -0.340 e. The molecule has 27 heavy (non-hydrogen) atoms. The molecular formula is C21H24ClN3O2. The molecule has 6 heteroatoms. The van der Waals surface area contributed by atoms with Crippen molar-refractivity contribution in [3.05, 3.63) is 64.7 Å². The fourth-order valence-electron chi connectivity index (χ4n) is 3.29. The van der Waals surface area contributed by atoms with E-state index >= 15 is 0 Å². The van der Waals surface area contributed by atoms with E-state index in [1.165, 1.54) is 5.56 Å². The zero-order valence-electron chi connectivity index (χ0n) is 15.6. The maximum absolute atomic E-state index is 12.9. The smallest absolute Gasteiger partial charge is 0.322 e. The van der Waals surface area contributed by atoms with Crippen LogP contribution in [-0.2, 0) is 11.3 Å². The summed E-state index contributed by atoms with van der Waals surface area (Å²) in [5, 5.41) is 3.46. The van der Waals surface area contributed by atoms with E-state index in [-0.39, 0.29) is 11.9 Å². The number of nitrogens with zero attached hydrogens (tertiary/aromatic N) is 2. The number of amides is 3. The lowest BCUT2D eigenvalue weighted by Gasteiger charge is -2.28. The van der Waals surface area contributed by atoms with E-state index in [9.17, 15) is 9.59 Å². The monoisotopic (exact) mass is 385 g/mol. The minimum atomic E-state index is -0.423. The van der Waals surface area contributed by atoms with Gasteiger partial charge in [-0.2, -0.15) is 0 Å². The number of nitrogens with one attached hydrogen (secondary N) is 1. The number of hydrogen-bond donors (Lipinski definition) is 1. The van der Waals surface area contributed by atoms with Gasteiger partial charge in [-0.3, -0.25) is 4.79 Å². The first kappa shape index (κ1) is 19.2. The van der Waals surface area contributed by atoms with E-state index in [0.717, 1.165) is 12.0 Å². The molecule has 0 aliphatic carbocycles. The Labute approximate surface area is 164 Å². The largest absolute Gasteiger partial charge is 0.340 e. The van der Waals surface area contributed by atoms with Gasteiger partial charge in [-0.05, 0) is 49.6 Å². The molecule has 0 radical (unpaired) electrons. The van der Waals surface area contributed by atoms with E-state index in [2.05, 4.69) is 5.32 Å². The molecule has 1 atom stereocenters. The van der Waals surface area contributed by atoms with Gasteiger partial charge in [-0.1, -0.05) is 41.4 Å². The Kier molecular flexibility index (Phi) is 6.01. The van der Waals surface area contributed by atoms with Crippen LogP contribution in [0.4, 0.5) is 10.5 Å². The van der Waals surface area contributed by atoms with Crippen molar-refractivity contribution in [2.24, 2.45) is 0 Å². The number of likely N-dealkylation sites (N-methyl/N-ethyl adjacent to an activating group) is 1. The fourth-order valence-corrected chi connectivity index (χ4v) is 3.42. The molecule has 1 aliphatic rings. The van der Waals surface area contributed by atoms with Gasteiger partial charge in [0.25, 0.3) is 0 Å². The SMILES string of the molecule is Cc1ccc(CN(C)C(=O)[C@H]2CCCN2C(=O)Nc2ccc(Cl)cc2)cc1. The zero-order chi connectivity index (χ0) is 19.4. The molecule has 3 rings (SSSR count). The van der Waals surface area contributed by atoms with Crippen molar-refractivity contribution in [3.63, 3.8) is 0 Å². The van der Waals surface area contributed by atoms with Crippen LogP contribution in [0, 0.1) is 6.92 Å². The average Bonchev–Trinajstić information content (AvgIpc) is 3.14. The third kappa shape index (κ3) is 4.80. The Bertz CT molecular complexity index is 805. The van der Waals surface area contributed by atoms with Crippen molar-refractivity contribution in [1.29, 1.82) is 0 Å². The molecule has 1 N–H and O–H groups in total. The number of anilines is 1. The summed E-state index contributed by atoms with van der Waals surface area (Å²) < 4.78 is 0. The van der Waals surface area contributed by atoms with Gasteiger partial charge in [0, 0.05) is 30.8 Å².